The number of benzene rings is 3. The van der Waals surface area contributed by atoms with Gasteiger partial charge in [-0.05, 0) is 66.3 Å². The summed E-state index contributed by atoms with van der Waals surface area (Å²) >= 11 is 12.1. The zero-order valence-electron chi connectivity index (χ0n) is 20.0. The first kappa shape index (κ1) is 24.2. The molecule has 0 fully saturated rings. The molecule has 3 aromatic carbocycles. The normalized spacial score (nSPS) is 16.9. The minimum absolute atomic E-state index is 0.237. The van der Waals surface area contributed by atoms with E-state index >= 15 is 0 Å². The van der Waals surface area contributed by atoms with E-state index in [1.54, 1.807) is 11.8 Å². The predicted molar refractivity (Wildman–Crippen MR) is 140 cm³/mol. The largest absolute Gasteiger partial charge is 0.497 e. The minimum atomic E-state index is -0.350. The lowest BCUT2D eigenvalue weighted by Gasteiger charge is -2.31. The fourth-order valence-electron chi connectivity index (χ4n) is 4.67. The summed E-state index contributed by atoms with van der Waals surface area (Å²) in [5, 5.41) is 5.57. The van der Waals surface area contributed by atoms with Crippen LogP contribution in [0.15, 0.2) is 72.8 Å². The highest BCUT2D eigenvalue weighted by Crippen LogP contribution is 2.25. The Bertz CT molecular complexity index is 1450. The molecule has 9 heteroatoms. The first-order valence-corrected chi connectivity index (χ1v) is 12.4. The van der Waals surface area contributed by atoms with E-state index in [4.69, 9.17) is 38.4 Å². The molecule has 0 saturated carbocycles. The fraction of sp³-hybridized carbons (Fsp3) is 0.222. The number of nitrogens with one attached hydrogen (secondary N) is 1. The molecule has 0 spiro atoms. The molecule has 0 saturated heterocycles. The molecule has 0 aliphatic carbocycles. The molecule has 4 aromatic rings. The average molecular weight is 522 g/mol. The van der Waals surface area contributed by atoms with Gasteiger partial charge in [0.2, 0.25) is 4.77 Å². The van der Waals surface area contributed by atoms with Crippen molar-refractivity contribution in [1.82, 2.24) is 14.3 Å². The lowest BCUT2D eigenvalue weighted by Crippen LogP contribution is -3.16. The van der Waals surface area contributed by atoms with Crippen LogP contribution in [0.2, 0.25) is 5.02 Å². The predicted octanol–water partition coefficient (Wildman–Crippen LogP) is 3.87. The molecule has 1 aromatic heterocycles. The lowest BCUT2D eigenvalue weighted by molar-refractivity contribution is -0.955. The summed E-state index contributed by atoms with van der Waals surface area (Å²) in [4.78, 5) is 13.8. The molecule has 1 N–H and O–H groups in total. The Morgan fingerprint density at radius 3 is 2.42 bits per heavy atom. The van der Waals surface area contributed by atoms with Gasteiger partial charge in [-0.1, -0.05) is 35.9 Å². The average Bonchev–Trinajstić information content (AvgIpc) is 3.23. The number of aromatic nitrogens is 3. The van der Waals surface area contributed by atoms with Crippen LogP contribution >= 0.6 is 23.8 Å². The Hall–Kier alpha value is -3.46. The van der Waals surface area contributed by atoms with Crippen molar-refractivity contribution in [3.63, 3.8) is 0 Å². The third kappa shape index (κ3) is 4.67. The molecule has 0 amide bonds. The van der Waals surface area contributed by atoms with Crippen molar-refractivity contribution in [2.45, 2.75) is 25.7 Å². The lowest BCUT2D eigenvalue weighted by atomic mass is 9.94. The molecule has 2 atom stereocenters. The number of ether oxygens (including phenoxy) is 2. The molecule has 0 bridgehead atoms. The number of rotatable bonds is 6. The highest BCUT2D eigenvalue weighted by atomic mass is 35.5. The number of halogens is 1. The Labute approximate surface area is 219 Å². The van der Waals surface area contributed by atoms with Crippen LogP contribution in [-0.4, -0.2) is 40.6 Å². The van der Waals surface area contributed by atoms with Gasteiger partial charge in [0, 0.05) is 22.6 Å². The van der Waals surface area contributed by atoms with Crippen molar-refractivity contribution in [1.29, 1.82) is 0 Å². The number of carbonyl (C=O) groups is 1. The summed E-state index contributed by atoms with van der Waals surface area (Å²) in [6, 6.07) is 23.0. The number of quaternary nitrogens is 1. The Morgan fingerprint density at radius 1 is 1.06 bits per heavy atom. The van der Waals surface area contributed by atoms with E-state index in [0.29, 0.717) is 35.3 Å². The summed E-state index contributed by atoms with van der Waals surface area (Å²) in [6.07, 6.45) is 0.606. The summed E-state index contributed by atoms with van der Waals surface area (Å²) in [5.74, 6) is 1.21. The minimum Gasteiger partial charge on any atom is -0.497 e. The van der Waals surface area contributed by atoms with E-state index in [9.17, 15) is 4.79 Å². The van der Waals surface area contributed by atoms with Crippen LogP contribution in [-0.2, 0) is 29.2 Å². The molecule has 0 radical (unpaired) electrons. The van der Waals surface area contributed by atoms with E-state index in [-0.39, 0.29) is 12.0 Å². The number of nitrogens with zero attached hydrogens (tertiary/aromatic N) is 3. The Kier molecular flexibility index (Phi) is 6.91. The van der Waals surface area contributed by atoms with Crippen LogP contribution < -0.4 is 9.64 Å². The van der Waals surface area contributed by atoms with Crippen molar-refractivity contribution in [3.8, 4) is 22.8 Å². The van der Waals surface area contributed by atoms with Gasteiger partial charge in [0.1, 0.15) is 12.3 Å². The van der Waals surface area contributed by atoms with E-state index < -0.39 is 0 Å². The number of fused-ring (bicyclic) bond motifs is 1. The molecule has 36 heavy (non-hydrogen) atoms. The van der Waals surface area contributed by atoms with Crippen LogP contribution in [0.25, 0.3) is 17.1 Å². The summed E-state index contributed by atoms with van der Waals surface area (Å²) < 4.78 is 14.7. The van der Waals surface area contributed by atoms with Crippen molar-refractivity contribution in [2.24, 2.45) is 0 Å². The van der Waals surface area contributed by atoms with Gasteiger partial charge in [-0.2, -0.15) is 4.68 Å². The van der Waals surface area contributed by atoms with E-state index in [1.165, 1.54) is 18.2 Å². The molecule has 1 aliphatic rings. The van der Waals surface area contributed by atoms with Crippen LogP contribution in [0.3, 0.4) is 0 Å². The van der Waals surface area contributed by atoms with Crippen molar-refractivity contribution >= 4 is 29.8 Å². The van der Waals surface area contributed by atoms with Crippen LogP contribution in [0.4, 0.5) is 0 Å². The quantitative estimate of drug-likeness (QED) is 0.308. The van der Waals surface area contributed by atoms with Gasteiger partial charge >= 0.3 is 5.97 Å². The topological polar surface area (TPSA) is 62.7 Å². The molecular formula is C27H26ClN4O3S+. The van der Waals surface area contributed by atoms with E-state index in [1.807, 2.05) is 65.2 Å². The van der Waals surface area contributed by atoms with Gasteiger partial charge in [0.05, 0.1) is 19.9 Å². The number of esters is 1. The van der Waals surface area contributed by atoms with Gasteiger partial charge in [-0.25, -0.2) is 4.79 Å². The first-order chi connectivity index (χ1) is 17.5. The second kappa shape index (κ2) is 10.3. The van der Waals surface area contributed by atoms with Gasteiger partial charge in [0.15, 0.2) is 18.5 Å². The van der Waals surface area contributed by atoms with Gasteiger partial charge in [0.25, 0.3) is 0 Å². The fourth-order valence-corrected chi connectivity index (χ4v) is 5.10. The maximum absolute atomic E-state index is 12.7. The molecule has 2 heterocycles. The highest BCUT2D eigenvalue weighted by molar-refractivity contribution is 7.71. The number of hydrogen-bond donors (Lipinski definition) is 1. The summed E-state index contributed by atoms with van der Waals surface area (Å²) in [6.45, 7) is 1.08. The molecular weight excluding hydrogens is 496 g/mol. The maximum atomic E-state index is 12.7. The van der Waals surface area contributed by atoms with Crippen LogP contribution in [0.1, 0.15) is 11.1 Å². The smallest absolute Gasteiger partial charge is 0.365 e. The van der Waals surface area contributed by atoms with Gasteiger partial charge in [-0.3, -0.25) is 4.57 Å². The second-order valence-electron chi connectivity index (χ2n) is 8.69. The zero-order chi connectivity index (χ0) is 25.2. The second-order valence-corrected chi connectivity index (χ2v) is 9.49. The van der Waals surface area contributed by atoms with E-state index in [2.05, 4.69) is 12.1 Å². The zero-order valence-corrected chi connectivity index (χ0v) is 21.6. The van der Waals surface area contributed by atoms with Crippen molar-refractivity contribution in [3.05, 3.63) is 93.7 Å². The Balaban J connectivity index is 1.58. The molecule has 184 valence electrons. The number of methoxy groups -OCH3 is 2. The number of carbonyl (C=O) groups excluding carboxylic acids is 1. The SMILES string of the molecule is COC(=O)[C@@H]1Cc2ccccc2C[NH+]1Cn1nc(-c2ccc(OC)cc2)n(-c2ccc(Cl)cc2)c1=S. The van der Waals surface area contributed by atoms with Crippen LogP contribution in [0.5, 0.6) is 5.75 Å². The van der Waals surface area contributed by atoms with E-state index in [0.717, 1.165) is 21.9 Å². The molecule has 1 unspecified atom stereocenters. The third-order valence-electron chi connectivity index (χ3n) is 6.56. The van der Waals surface area contributed by atoms with Crippen molar-refractivity contribution in [2.75, 3.05) is 14.2 Å². The first-order valence-electron chi connectivity index (χ1n) is 11.6. The van der Waals surface area contributed by atoms with Crippen molar-refractivity contribution < 1.29 is 19.2 Å². The van der Waals surface area contributed by atoms with Crippen LogP contribution in [0, 0.1) is 4.77 Å². The molecule has 5 rings (SSSR count). The van der Waals surface area contributed by atoms with Gasteiger partial charge < -0.3 is 14.4 Å². The molecule has 7 nitrogen and oxygen atoms in total. The highest BCUT2D eigenvalue weighted by Gasteiger charge is 2.36. The molecule has 1 aliphatic heterocycles. The maximum Gasteiger partial charge on any atom is 0.365 e. The number of hydrogen-bond acceptors (Lipinski definition) is 5. The summed E-state index contributed by atoms with van der Waals surface area (Å²) in [7, 11) is 3.07. The standard InChI is InChI=1S/C27H25ClN4O3S/c1-34-23-13-7-18(8-14-23)25-29-31(27(36)32(25)22-11-9-21(28)10-12-22)17-30-16-20-6-4-3-5-19(20)15-24(30)26(33)35-2/h3-14,24H,15-17H2,1-2H3/p+1/t24-/m0/s1. The third-order valence-corrected chi connectivity index (χ3v) is 7.21. The Morgan fingerprint density at radius 2 is 1.75 bits per heavy atom. The van der Waals surface area contributed by atoms with Gasteiger partial charge in [-0.15, -0.1) is 5.10 Å². The summed E-state index contributed by atoms with van der Waals surface area (Å²) in [5.41, 5.74) is 4.13. The monoisotopic (exact) mass is 521 g/mol.